The van der Waals surface area contributed by atoms with E-state index in [-0.39, 0.29) is 11.9 Å². The summed E-state index contributed by atoms with van der Waals surface area (Å²) in [5.74, 6) is -0.504. The zero-order valence-corrected chi connectivity index (χ0v) is 15.4. The minimum absolute atomic E-state index is 0.260. The highest BCUT2D eigenvalue weighted by molar-refractivity contribution is 5.91. The number of carbonyl (C=O) groups excluding carboxylic acids is 1. The van der Waals surface area contributed by atoms with Gasteiger partial charge in [-0.25, -0.2) is 9.59 Å². The van der Waals surface area contributed by atoms with E-state index in [9.17, 15) is 9.59 Å². The van der Waals surface area contributed by atoms with Gasteiger partial charge in [-0.15, -0.1) is 0 Å². The molecule has 0 aliphatic heterocycles. The van der Waals surface area contributed by atoms with E-state index >= 15 is 0 Å². The largest absolute Gasteiger partial charge is 0.478 e. The summed E-state index contributed by atoms with van der Waals surface area (Å²) in [6.45, 7) is 8.09. The van der Waals surface area contributed by atoms with Crippen LogP contribution in [0, 0.1) is 0 Å². The van der Waals surface area contributed by atoms with Gasteiger partial charge in [-0.3, -0.25) is 0 Å². The number of carboxylic acids is 1. The molecule has 0 fully saturated rings. The number of hydrogen-bond donors (Lipinski definition) is 1. The molecule has 0 saturated heterocycles. The number of aromatic carboxylic acids is 1. The van der Waals surface area contributed by atoms with Crippen LogP contribution in [-0.4, -0.2) is 24.2 Å². The van der Waals surface area contributed by atoms with Crippen molar-refractivity contribution in [2.45, 2.75) is 39.5 Å². The van der Waals surface area contributed by atoms with Gasteiger partial charge >= 0.3 is 11.9 Å². The van der Waals surface area contributed by atoms with E-state index in [0.717, 1.165) is 11.1 Å². The van der Waals surface area contributed by atoms with Crippen LogP contribution in [0.15, 0.2) is 48.5 Å². The molecule has 0 radical (unpaired) electrons. The number of benzene rings is 2. The van der Waals surface area contributed by atoms with Crippen LogP contribution in [-0.2, 0) is 4.74 Å². The summed E-state index contributed by atoms with van der Waals surface area (Å²) >= 11 is 0. The fourth-order valence-electron chi connectivity index (χ4n) is 2.49. The third-order valence-corrected chi connectivity index (χ3v) is 3.80. The Morgan fingerprint density at radius 2 is 1.20 bits per heavy atom. The van der Waals surface area contributed by atoms with Crippen molar-refractivity contribution in [2.24, 2.45) is 0 Å². The van der Waals surface area contributed by atoms with Crippen LogP contribution < -0.4 is 0 Å². The topological polar surface area (TPSA) is 63.6 Å². The van der Waals surface area contributed by atoms with Crippen molar-refractivity contribution in [2.75, 3.05) is 7.11 Å². The van der Waals surface area contributed by atoms with Gasteiger partial charge in [0.05, 0.1) is 18.2 Å². The second-order valence-electron chi connectivity index (χ2n) is 6.28. The summed E-state index contributed by atoms with van der Waals surface area (Å²) in [7, 11) is 1.40. The van der Waals surface area contributed by atoms with Gasteiger partial charge in [-0.05, 0) is 35.1 Å². The summed E-state index contributed by atoms with van der Waals surface area (Å²) in [4.78, 5) is 22.0. The van der Waals surface area contributed by atoms with Crippen LogP contribution >= 0.6 is 0 Å². The normalized spacial score (nSPS) is 10.2. The summed E-state index contributed by atoms with van der Waals surface area (Å²) in [5, 5.41) is 8.81. The first-order valence-corrected chi connectivity index (χ1v) is 8.29. The zero-order chi connectivity index (χ0) is 19.0. The Bertz CT molecular complexity index is 717. The molecule has 0 spiro atoms. The molecular weight excluding hydrogens is 316 g/mol. The van der Waals surface area contributed by atoms with Crippen molar-refractivity contribution in [1.82, 2.24) is 0 Å². The lowest BCUT2D eigenvalue weighted by molar-refractivity contribution is 0.0598. The maximum absolute atomic E-state index is 11.3. The Morgan fingerprint density at radius 3 is 1.56 bits per heavy atom. The molecule has 0 heterocycles. The average molecular weight is 342 g/mol. The van der Waals surface area contributed by atoms with E-state index in [4.69, 9.17) is 5.11 Å². The third kappa shape index (κ3) is 5.75. The van der Waals surface area contributed by atoms with E-state index in [1.54, 1.807) is 18.2 Å². The number of carboxylic acid groups (broad SMARTS) is 1. The molecule has 0 amide bonds. The minimum atomic E-state index is -0.848. The van der Waals surface area contributed by atoms with E-state index in [1.165, 1.54) is 7.11 Å². The number of methoxy groups -OCH3 is 1. The van der Waals surface area contributed by atoms with E-state index < -0.39 is 5.97 Å². The van der Waals surface area contributed by atoms with Crippen LogP contribution in [0.2, 0.25) is 0 Å². The maximum atomic E-state index is 11.3. The van der Waals surface area contributed by atoms with E-state index in [1.807, 2.05) is 44.2 Å². The number of carbonyl (C=O) groups is 2. The number of esters is 1. The van der Waals surface area contributed by atoms with Crippen LogP contribution in [0.25, 0.3) is 0 Å². The van der Waals surface area contributed by atoms with Crippen molar-refractivity contribution in [3.63, 3.8) is 0 Å². The van der Waals surface area contributed by atoms with Gasteiger partial charge in [0.1, 0.15) is 0 Å². The van der Waals surface area contributed by atoms with E-state index in [2.05, 4.69) is 18.6 Å². The molecule has 0 saturated carbocycles. The Morgan fingerprint density at radius 1 is 0.800 bits per heavy atom. The molecule has 0 aliphatic rings. The summed E-state index contributed by atoms with van der Waals surface area (Å²) in [6.07, 6.45) is 0. The molecule has 134 valence electrons. The maximum Gasteiger partial charge on any atom is 0.338 e. The van der Waals surface area contributed by atoms with Crippen LogP contribution in [0.3, 0.4) is 0 Å². The lowest BCUT2D eigenvalue weighted by atomic mass is 9.97. The molecule has 2 aromatic rings. The summed E-state index contributed by atoms with van der Waals surface area (Å²) in [6, 6.07) is 14.6. The second-order valence-corrected chi connectivity index (χ2v) is 6.28. The molecule has 0 atom stereocenters. The third-order valence-electron chi connectivity index (χ3n) is 3.80. The van der Waals surface area contributed by atoms with Gasteiger partial charge in [0.2, 0.25) is 0 Å². The van der Waals surface area contributed by atoms with E-state index in [0.29, 0.717) is 17.0 Å². The van der Waals surface area contributed by atoms with Crippen LogP contribution in [0.5, 0.6) is 0 Å². The van der Waals surface area contributed by atoms with Gasteiger partial charge in [-0.1, -0.05) is 64.1 Å². The molecule has 1 N–H and O–H groups in total. The summed E-state index contributed by atoms with van der Waals surface area (Å²) in [5.41, 5.74) is 3.01. The van der Waals surface area contributed by atoms with Crippen molar-refractivity contribution >= 4 is 11.9 Å². The smallest absolute Gasteiger partial charge is 0.338 e. The minimum Gasteiger partial charge on any atom is -0.478 e. The fourth-order valence-corrected chi connectivity index (χ4v) is 2.49. The zero-order valence-electron chi connectivity index (χ0n) is 15.4. The van der Waals surface area contributed by atoms with Crippen molar-refractivity contribution in [1.29, 1.82) is 0 Å². The molecule has 2 aromatic carbocycles. The van der Waals surface area contributed by atoms with Gasteiger partial charge in [0, 0.05) is 0 Å². The van der Waals surface area contributed by atoms with Crippen molar-refractivity contribution in [3.8, 4) is 0 Å². The Labute approximate surface area is 149 Å². The predicted octanol–water partition coefficient (Wildman–Crippen LogP) is 5.10. The second kappa shape index (κ2) is 9.62. The highest BCUT2D eigenvalue weighted by Crippen LogP contribution is 2.20. The molecule has 0 bridgehead atoms. The van der Waals surface area contributed by atoms with Gasteiger partial charge < -0.3 is 9.84 Å². The monoisotopic (exact) mass is 342 g/mol. The Balaban J connectivity index is 0.000000251. The molecular formula is C21H26O4. The Hall–Kier alpha value is -2.62. The first kappa shape index (κ1) is 20.4. The van der Waals surface area contributed by atoms with Gasteiger partial charge in [0.15, 0.2) is 0 Å². The molecule has 2 rings (SSSR count). The van der Waals surface area contributed by atoms with Gasteiger partial charge in [-0.2, -0.15) is 0 Å². The molecule has 0 unspecified atom stereocenters. The molecule has 0 aromatic heterocycles. The van der Waals surface area contributed by atoms with Crippen molar-refractivity contribution < 1.29 is 19.4 Å². The SMILES string of the molecule is CC(C)c1ccccc1C(=O)O.COC(=O)c1ccccc1C(C)C. The molecule has 4 heteroatoms. The number of hydrogen-bond acceptors (Lipinski definition) is 3. The fraction of sp³-hybridized carbons (Fsp3) is 0.333. The first-order valence-electron chi connectivity index (χ1n) is 8.29. The van der Waals surface area contributed by atoms with Crippen molar-refractivity contribution in [3.05, 3.63) is 70.8 Å². The first-order chi connectivity index (χ1) is 11.8. The van der Waals surface area contributed by atoms with Crippen LogP contribution in [0.4, 0.5) is 0 Å². The number of ether oxygens (including phenoxy) is 1. The quantitative estimate of drug-likeness (QED) is 0.785. The van der Waals surface area contributed by atoms with Crippen LogP contribution in [0.1, 0.15) is 71.4 Å². The highest BCUT2D eigenvalue weighted by Gasteiger charge is 2.12. The predicted molar refractivity (Wildman–Crippen MR) is 99.4 cm³/mol. The standard InChI is InChI=1S/C11H14O2.C10H12O2/c1-8(2)9-6-4-5-7-10(9)11(12)13-3;1-7(2)8-5-3-4-6-9(8)10(11)12/h4-8H,1-3H3;3-7H,1-2H3,(H,11,12). The molecule has 4 nitrogen and oxygen atoms in total. The lowest BCUT2D eigenvalue weighted by Gasteiger charge is -2.09. The molecule has 0 aliphatic carbocycles. The average Bonchev–Trinajstić information content (AvgIpc) is 2.61. The highest BCUT2D eigenvalue weighted by atomic mass is 16.5. The lowest BCUT2D eigenvalue weighted by Crippen LogP contribution is -2.06. The Kier molecular flexibility index (Phi) is 7.86. The summed E-state index contributed by atoms with van der Waals surface area (Å²) < 4.78 is 4.69. The number of rotatable bonds is 4. The van der Waals surface area contributed by atoms with Gasteiger partial charge in [0.25, 0.3) is 0 Å². The molecule has 25 heavy (non-hydrogen) atoms.